The van der Waals surface area contributed by atoms with Gasteiger partial charge in [-0.1, -0.05) is 48.0 Å². The van der Waals surface area contributed by atoms with E-state index in [0.717, 1.165) is 38.3 Å². The standard InChI is InChI=1S/C21H20N4O2/c1-12-6-8-13(9-7-12)20-19-15(14-4-2-3-5-16(14)23-19)10-17-21(27)24(22)11-18(26)25(17)20/h2-9,17,20,23H,10-11,22H2,1H3. The maximum Gasteiger partial charge on any atom is 0.260 e. The molecular weight excluding hydrogens is 340 g/mol. The van der Waals surface area contributed by atoms with Crippen LogP contribution in [-0.4, -0.2) is 39.3 Å². The molecule has 1 aromatic heterocycles. The van der Waals surface area contributed by atoms with Crippen molar-refractivity contribution in [3.05, 3.63) is 70.9 Å². The average molecular weight is 360 g/mol. The summed E-state index contributed by atoms with van der Waals surface area (Å²) in [6, 6.07) is 15.3. The number of nitrogens with two attached hydrogens (primary N) is 1. The second-order valence-electron chi connectivity index (χ2n) is 7.36. The van der Waals surface area contributed by atoms with Crippen LogP contribution in [0.2, 0.25) is 0 Å². The highest BCUT2D eigenvalue weighted by atomic mass is 16.2. The third-order valence-corrected chi connectivity index (χ3v) is 5.69. The number of fused-ring (bicyclic) bond motifs is 4. The van der Waals surface area contributed by atoms with E-state index in [2.05, 4.69) is 11.1 Å². The van der Waals surface area contributed by atoms with Gasteiger partial charge in [-0.3, -0.25) is 14.6 Å². The highest BCUT2D eigenvalue weighted by molar-refractivity contribution is 5.97. The smallest absolute Gasteiger partial charge is 0.260 e. The van der Waals surface area contributed by atoms with Gasteiger partial charge in [0, 0.05) is 23.0 Å². The van der Waals surface area contributed by atoms with Gasteiger partial charge >= 0.3 is 0 Å². The van der Waals surface area contributed by atoms with Gasteiger partial charge in [0.05, 0.1) is 6.04 Å². The van der Waals surface area contributed by atoms with E-state index in [-0.39, 0.29) is 24.4 Å². The molecule has 2 aliphatic heterocycles. The molecule has 0 bridgehead atoms. The van der Waals surface area contributed by atoms with Gasteiger partial charge in [-0.25, -0.2) is 5.84 Å². The van der Waals surface area contributed by atoms with Gasteiger partial charge in [0.2, 0.25) is 5.91 Å². The van der Waals surface area contributed by atoms with Crippen LogP contribution in [0.4, 0.5) is 0 Å². The van der Waals surface area contributed by atoms with Crippen molar-refractivity contribution in [2.75, 3.05) is 6.54 Å². The van der Waals surface area contributed by atoms with Crippen molar-refractivity contribution in [3.63, 3.8) is 0 Å². The van der Waals surface area contributed by atoms with Crippen molar-refractivity contribution >= 4 is 22.7 Å². The topological polar surface area (TPSA) is 82.4 Å². The van der Waals surface area contributed by atoms with Crippen LogP contribution in [0.5, 0.6) is 0 Å². The van der Waals surface area contributed by atoms with Gasteiger partial charge in [0.1, 0.15) is 12.6 Å². The number of nitrogens with zero attached hydrogens (tertiary/aromatic N) is 2. The predicted octanol–water partition coefficient (Wildman–Crippen LogP) is 2.03. The molecule has 136 valence electrons. The van der Waals surface area contributed by atoms with Crippen molar-refractivity contribution in [1.82, 2.24) is 14.9 Å². The number of hydrazine groups is 1. The molecule has 2 atom stereocenters. The lowest BCUT2D eigenvalue weighted by Gasteiger charge is -2.46. The molecule has 1 fully saturated rings. The number of para-hydroxylation sites is 1. The lowest BCUT2D eigenvalue weighted by molar-refractivity contribution is -0.158. The molecule has 6 heteroatoms. The molecular formula is C21H20N4O2. The first kappa shape index (κ1) is 16.1. The molecule has 2 amide bonds. The number of rotatable bonds is 1. The van der Waals surface area contributed by atoms with Crippen LogP contribution in [0, 0.1) is 6.92 Å². The largest absolute Gasteiger partial charge is 0.356 e. The molecule has 27 heavy (non-hydrogen) atoms. The third kappa shape index (κ3) is 2.30. The lowest BCUT2D eigenvalue weighted by Crippen LogP contribution is -2.64. The number of amides is 2. The molecule has 2 aromatic carbocycles. The number of piperazine rings is 1. The molecule has 0 aliphatic carbocycles. The molecule has 2 aliphatic rings. The zero-order valence-electron chi connectivity index (χ0n) is 15.0. The predicted molar refractivity (Wildman–Crippen MR) is 102 cm³/mol. The molecule has 6 nitrogen and oxygen atoms in total. The molecule has 5 rings (SSSR count). The van der Waals surface area contributed by atoms with Crippen LogP contribution < -0.4 is 5.84 Å². The first-order chi connectivity index (χ1) is 13.0. The first-order valence-electron chi connectivity index (χ1n) is 9.08. The van der Waals surface area contributed by atoms with Gasteiger partial charge in [0.25, 0.3) is 5.91 Å². The van der Waals surface area contributed by atoms with Crippen molar-refractivity contribution in [2.24, 2.45) is 5.84 Å². The molecule has 3 heterocycles. The summed E-state index contributed by atoms with van der Waals surface area (Å²) in [5.41, 5.74) is 5.24. The normalized spacial score (nSPS) is 22.1. The highest BCUT2D eigenvalue weighted by Crippen LogP contribution is 2.42. The van der Waals surface area contributed by atoms with E-state index < -0.39 is 6.04 Å². The number of nitrogens with one attached hydrogen (secondary N) is 1. The maximum absolute atomic E-state index is 12.9. The van der Waals surface area contributed by atoms with Gasteiger partial charge in [-0.05, 0) is 24.1 Å². The second kappa shape index (κ2) is 5.69. The van der Waals surface area contributed by atoms with E-state index in [4.69, 9.17) is 5.84 Å². The van der Waals surface area contributed by atoms with Gasteiger partial charge in [-0.2, -0.15) is 0 Å². The molecule has 2 unspecified atom stereocenters. The van der Waals surface area contributed by atoms with Gasteiger partial charge in [0.15, 0.2) is 0 Å². The van der Waals surface area contributed by atoms with Gasteiger partial charge < -0.3 is 9.88 Å². The Morgan fingerprint density at radius 2 is 1.81 bits per heavy atom. The molecule has 3 N–H and O–H groups in total. The Kier molecular flexibility index (Phi) is 3.39. The average Bonchev–Trinajstić information content (AvgIpc) is 3.04. The Bertz CT molecular complexity index is 1070. The fourth-order valence-electron chi connectivity index (χ4n) is 4.38. The van der Waals surface area contributed by atoms with Crippen molar-refractivity contribution in [3.8, 4) is 0 Å². The van der Waals surface area contributed by atoms with E-state index in [1.807, 2.05) is 49.4 Å². The summed E-state index contributed by atoms with van der Waals surface area (Å²) in [5, 5.41) is 2.15. The third-order valence-electron chi connectivity index (χ3n) is 5.69. The van der Waals surface area contributed by atoms with Crippen molar-refractivity contribution in [2.45, 2.75) is 25.4 Å². The number of aryl methyl sites for hydroxylation is 1. The summed E-state index contributed by atoms with van der Waals surface area (Å²) in [6.07, 6.45) is 0.472. The summed E-state index contributed by atoms with van der Waals surface area (Å²) in [5.74, 6) is 5.48. The zero-order valence-corrected chi connectivity index (χ0v) is 15.0. The summed E-state index contributed by atoms with van der Waals surface area (Å²) >= 11 is 0. The summed E-state index contributed by atoms with van der Waals surface area (Å²) in [6.45, 7) is 1.94. The van der Waals surface area contributed by atoms with Crippen LogP contribution in [0.1, 0.15) is 28.4 Å². The Balaban J connectivity index is 1.76. The zero-order chi connectivity index (χ0) is 18.7. The fourth-order valence-corrected chi connectivity index (χ4v) is 4.38. The number of hydrogen-bond acceptors (Lipinski definition) is 3. The first-order valence-corrected chi connectivity index (χ1v) is 9.08. The number of carbonyl (C=O) groups excluding carboxylic acids is 2. The van der Waals surface area contributed by atoms with Crippen LogP contribution in [0.15, 0.2) is 48.5 Å². The maximum atomic E-state index is 12.9. The summed E-state index contributed by atoms with van der Waals surface area (Å²) in [7, 11) is 0. The summed E-state index contributed by atoms with van der Waals surface area (Å²) < 4.78 is 0. The Morgan fingerprint density at radius 1 is 1.07 bits per heavy atom. The minimum atomic E-state index is -0.575. The second-order valence-corrected chi connectivity index (χ2v) is 7.36. The molecule has 0 spiro atoms. The number of aromatic nitrogens is 1. The number of hydrogen-bond donors (Lipinski definition) is 2. The fraction of sp³-hybridized carbons (Fsp3) is 0.238. The minimum absolute atomic E-state index is 0.0900. The van der Waals surface area contributed by atoms with E-state index in [1.54, 1.807) is 4.90 Å². The quantitative estimate of drug-likeness (QED) is 0.515. The Hall–Kier alpha value is -3.12. The number of H-pyrrole nitrogens is 1. The highest BCUT2D eigenvalue weighted by Gasteiger charge is 2.47. The monoisotopic (exact) mass is 360 g/mol. The van der Waals surface area contributed by atoms with Crippen LogP contribution in [0.3, 0.4) is 0 Å². The number of aromatic amines is 1. The molecule has 3 aromatic rings. The minimum Gasteiger partial charge on any atom is -0.356 e. The van der Waals surface area contributed by atoms with Crippen LogP contribution >= 0.6 is 0 Å². The van der Waals surface area contributed by atoms with Crippen molar-refractivity contribution in [1.29, 1.82) is 0 Å². The van der Waals surface area contributed by atoms with E-state index in [1.165, 1.54) is 0 Å². The molecule has 1 saturated heterocycles. The van der Waals surface area contributed by atoms with E-state index in [0.29, 0.717) is 6.42 Å². The summed E-state index contributed by atoms with van der Waals surface area (Å²) in [4.78, 5) is 30.9. The van der Waals surface area contributed by atoms with E-state index >= 15 is 0 Å². The lowest BCUT2D eigenvalue weighted by atomic mass is 9.86. The van der Waals surface area contributed by atoms with Crippen LogP contribution in [0.25, 0.3) is 10.9 Å². The van der Waals surface area contributed by atoms with Crippen molar-refractivity contribution < 1.29 is 9.59 Å². The Morgan fingerprint density at radius 3 is 2.59 bits per heavy atom. The van der Waals surface area contributed by atoms with Gasteiger partial charge in [-0.15, -0.1) is 0 Å². The van der Waals surface area contributed by atoms with E-state index in [9.17, 15) is 9.59 Å². The number of benzene rings is 2. The Labute approximate surface area is 156 Å². The molecule has 0 saturated carbocycles. The number of carbonyl (C=O) groups is 2. The molecule has 0 radical (unpaired) electrons. The van der Waals surface area contributed by atoms with Crippen LogP contribution in [-0.2, 0) is 16.0 Å². The SMILES string of the molecule is Cc1ccc(C2c3[nH]c4ccccc4c3CC3C(=O)N(N)CC(=O)N32)cc1.